The number of nitrogens with zero attached hydrogens (tertiary/aromatic N) is 1. The molecule has 2 aliphatic rings. The fraction of sp³-hybridized carbons (Fsp3) is 0.421. The molecule has 23 heavy (non-hydrogen) atoms. The fourth-order valence-corrected chi connectivity index (χ4v) is 4.67. The van der Waals surface area contributed by atoms with Crippen molar-refractivity contribution in [2.75, 3.05) is 13.7 Å². The summed E-state index contributed by atoms with van der Waals surface area (Å²) >= 11 is 1.77. The molecule has 0 amide bonds. The lowest BCUT2D eigenvalue weighted by atomic mass is 9.94. The van der Waals surface area contributed by atoms with Gasteiger partial charge in [0.1, 0.15) is 10.8 Å². The molecule has 1 aromatic heterocycles. The number of hydrogen-bond donors (Lipinski definition) is 1. The van der Waals surface area contributed by atoms with Crippen molar-refractivity contribution in [3.05, 3.63) is 47.6 Å². The molecule has 4 heteroatoms. The van der Waals surface area contributed by atoms with E-state index in [0.717, 1.165) is 41.6 Å². The van der Waals surface area contributed by atoms with E-state index in [4.69, 9.17) is 4.74 Å². The lowest BCUT2D eigenvalue weighted by Gasteiger charge is -2.17. The summed E-state index contributed by atoms with van der Waals surface area (Å²) in [5.74, 6) is 3.39. The molecule has 0 aliphatic heterocycles. The highest BCUT2D eigenvalue weighted by molar-refractivity contribution is 7.15. The molecule has 3 atom stereocenters. The van der Waals surface area contributed by atoms with Crippen LogP contribution in [0.5, 0.6) is 5.75 Å². The largest absolute Gasteiger partial charge is 0.497 e. The van der Waals surface area contributed by atoms with E-state index < -0.39 is 0 Å². The molecule has 4 rings (SSSR count). The molecule has 0 spiro atoms. The number of fused-ring (bicyclic) bond motifs is 2. The number of aromatic nitrogens is 1. The summed E-state index contributed by atoms with van der Waals surface area (Å²) in [5.41, 5.74) is 1.20. The second kappa shape index (κ2) is 6.46. The van der Waals surface area contributed by atoms with Gasteiger partial charge >= 0.3 is 0 Å². The lowest BCUT2D eigenvalue weighted by Crippen LogP contribution is -2.24. The van der Waals surface area contributed by atoms with E-state index >= 15 is 0 Å². The average molecular weight is 326 g/mol. The fourth-order valence-electron chi connectivity index (χ4n) is 3.77. The van der Waals surface area contributed by atoms with Crippen molar-refractivity contribution in [3.63, 3.8) is 0 Å². The van der Waals surface area contributed by atoms with Gasteiger partial charge < -0.3 is 10.1 Å². The van der Waals surface area contributed by atoms with Gasteiger partial charge in [0.25, 0.3) is 0 Å². The van der Waals surface area contributed by atoms with Crippen LogP contribution < -0.4 is 10.1 Å². The Labute approximate surface area is 141 Å². The summed E-state index contributed by atoms with van der Waals surface area (Å²) in [7, 11) is 1.69. The molecule has 3 unspecified atom stereocenters. The Hall–Kier alpha value is -1.65. The first-order valence-electron chi connectivity index (χ1n) is 8.30. The molecule has 1 N–H and O–H groups in total. The van der Waals surface area contributed by atoms with Crippen LogP contribution in [-0.2, 0) is 6.54 Å². The van der Waals surface area contributed by atoms with Crippen LogP contribution in [0.25, 0.3) is 10.4 Å². The Morgan fingerprint density at radius 3 is 2.78 bits per heavy atom. The van der Waals surface area contributed by atoms with E-state index in [2.05, 4.69) is 34.6 Å². The number of rotatable bonds is 6. The summed E-state index contributed by atoms with van der Waals surface area (Å²) in [6.07, 6.45) is 9.55. The monoisotopic (exact) mass is 326 g/mol. The van der Waals surface area contributed by atoms with E-state index in [0.29, 0.717) is 0 Å². The average Bonchev–Trinajstić information content (AvgIpc) is 3.32. The molecule has 1 fully saturated rings. The molecule has 2 bridgehead atoms. The van der Waals surface area contributed by atoms with Gasteiger partial charge in [0.15, 0.2) is 0 Å². The Bertz CT molecular complexity index is 692. The van der Waals surface area contributed by atoms with Gasteiger partial charge in [-0.3, -0.25) is 0 Å². The number of methoxy groups -OCH3 is 1. The minimum absolute atomic E-state index is 0.818. The summed E-state index contributed by atoms with van der Waals surface area (Å²) in [5, 5.41) is 4.77. The predicted octanol–water partition coefficient (Wildman–Crippen LogP) is 4.12. The zero-order chi connectivity index (χ0) is 15.6. The van der Waals surface area contributed by atoms with Gasteiger partial charge in [0, 0.05) is 12.7 Å². The summed E-state index contributed by atoms with van der Waals surface area (Å²) in [4.78, 5) is 5.77. The van der Waals surface area contributed by atoms with Gasteiger partial charge in [-0.15, -0.1) is 11.3 Å². The second-order valence-electron chi connectivity index (χ2n) is 6.52. The number of nitrogens with one attached hydrogen (secondary N) is 1. The van der Waals surface area contributed by atoms with Gasteiger partial charge in [-0.25, -0.2) is 4.98 Å². The highest BCUT2D eigenvalue weighted by Gasteiger charge is 2.34. The molecule has 1 heterocycles. The number of allylic oxidation sites excluding steroid dienone is 2. The van der Waals surface area contributed by atoms with E-state index in [1.807, 2.05) is 18.3 Å². The zero-order valence-corrected chi connectivity index (χ0v) is 14.2. The van der Waals surface area contributed by atoms with Crippen LogP contribution in [0.3, 0.4) is 0 Å². The van der Waals surface area contributed by atoms with Gasteiger partial charge in [0.05, 0.1) is 12.0 Å². The molecule has 2 aliphatic carbocycles. The van der Waals surface area contributed by atoms with Crippen LogP contribution >= 0.6 is 11.3 Å². The normalized spacial score (nSPS) is 25.2. The van der Waals surface area contributed by atoms with E-state index in [9.17, 15) is 0 Å². The van der Waals surface area contributed by atoms with Gasteiger partial charge in [-0.2, -0.15) is 0 Å². The minimum atomic E-state index is 0.818. The highest BCUT2D eigenvalue weighted by atomic mass is 32.1. The van der Waals surface area contributed by atoms with Gasteiger partial charge in [-0.1, -0.05) is 12.2 Å². The molecular weight excluding hydrogens is 304 g/mol. The predicted molar refractivity (Wildman–Crippen MR) is 94.7 cm³/mol. The molecule has 3 nitrogen and oxygen atoms in total. The molecule has 120 valence electrons. The summed E-state index contributed by atoms with van der Waals surface area (Å²) in [6, 6.07) is 8.17. The van der Waals surface area contributed by atoms with Crippen molar-refractivity contribution in [2.45, 2.75) is 19.4 Å². The quantitative estimate of drug-likeness (QED) is 0.811. The van der Waals surface area contributed by atoms with Crippen molar-refractivity contribution >= 4 is 11.3 Å². The Morgan fingerprint density at radius 2 is 2.09 bits per heavy atom. The number of thiazole rings is 1. The van der Waals surface area contributed by atoms with Crippen molar-refractivity contribution < 1.29 is 4.74 Å². The van der Waals surface area contributed by atoms with Crippen LogP contribution in [0.15, 0.2) is 42.6 Å². The number of benzene rings is 1. The minimum Gasteiger partial charge on any atom is -0.497 e. The summed E-state index contributed by atoms with van der Waals surface area (Å²) < 4.78 is 5.21. The maximum Gasteiger partial charge on any atom is 0.118 e. The first-order valence-corrected chi connectivity index (χ1v) is 9.11. The second-order valence-corrected chi connectivity index (χ2v) is 7.63. The number of hydrogen-bond acceptors (Lipinski definition) is 4. The van der Waals surface area contributed by atoms with E-state index in [-0.39, 0.29) is 0 Å². The van der Waals surface area contributed by atoms with Gasteiger partial charge in [-0.05, 0) is 67.0 Å². The topological polar surface area (TPSA) is 34.1 Å². The zero-order valence-electron chi connectivity index (χ0n) is 13.4. The van der Waals surface area contributed by atoms with Crippen LogP contribution in [0, 0.1) is 17.8 Å². The van der Waals surface area contributed by atoms with Crippen molar-refractivity contribution in [3.8, 4) is 16.2 Å². The van der Waals surface area contributed by atoms with E-state index in [1.165, 1.54) is 23.3 Å². The van der Waals surface area contributed by atoms with Gasteiger partial charge in [0.2, 0.25) is 0 Å². The van der Waals surface area contributed by atoms with Crippen LogP contribution in [0.1, 0.15) is 17.8 Å². The first kappa shape index (κ1) is 14.9. The van der Waals surface area contributed by atoms with E-state index in [1.54, 1.807) is 18.4 Å². The van der Waals surface area contributed by atoms with Crippen molar-refractivity contribution in [1.82, 2.24) is 10.3 Å². The number of ether oxygens (including phenoxy) is 1. The Balaban J connectivity index is 1.32. The molecule has 2 aromatic rings. The lowest BCUT2D eigenvalue weighted by molar-refractivity contribution is 0.414. The maximum absolute atomic E-state index is 5.21. The Morgan fingerprint density at radius 1 is 1.22 bits per heavy atom. The summed E-state index contributed by atoms with van der Waals surface area (Å²) in [6.45, 7) is 1.99. The third-order valence-corrected chi connectivity index (χ3v) is 6.07. The van der Waals surface area contributed by atoms with Crippen molar-refractivity contribution in [2.24, 2.45) is 17.8 Å². The standard InChI is InChI=1S/C19H22N2OS/c1-22-17-6-4-14(5-7-17)18-11-21-19(23-18)12-20-10-16-9-13-2-3-15(16)8-13/h2-7,11,13,15-16,20H,8-10,12H2,1H3. The third kappa shape index (κ3) is 3.19. The third-order valence-electron chi connectivity index (χ3n) is 5.03. The van der Waals surface area contributed by atoms with Crippen LogP contribution in [-0.4, -0.2) is 18.6 Å². The van der Waals surface area contributed by atoms with Crippen LogP contribution in [0.2, 0.25) is 0 Å². The maximum atomic E-state index is 5.21. The molecule has 1 saturated carbocycles. The Kier molecular flexibility index (Phi) is 4.19. The molecule has 1 aromatic carbocycles. The SMILES string of the molecule is COc1ccc(-c2cnc(CNCC3CC4C=CC3C4)s2)cc1. The molecular formula is C19H22N2OS. The smallest absolute Gasteiger partial charge is 0.118 e. The molecule has 0 radical (unpaired) electrons. The highest BCUT2D eigenvalue weighted by Crippen LogP contribution is 2.43. The van der Waals surface area contributed by atoms with Crippen LogP contribution in [0.4, 0.5) is 0 Å². The first-order chi connectivity index (χ1) is 11.3. The molecule has 0 saturated heterocycles. The van der Waals surface area contributed by atoms with Crippen molar-refractivity contribution in [1.29, 1.82) is 0 Å².